The number of ether oxygens (including phenoxy) is 4. The summed E-state index contributed by atoms with van der Waals surface area (Å²) in [6.45, 7) is 7.80. The lowest BCUT2D eigenvalue weighted by Crippen LogP contribution is -2.53. The lowest BCUT2D eigenvalue weighted by molar-refractivity contribution is -0.128. The molecule has 4 atom stereocenters. The predicted octanol–water partition coefficient (Wildman–Crippen LogP) is 5.89. The molecule has 1 spiro atoms. The summed E-state index contributed by atoms with van der Waals surface area (Å²) in [5, 5.41) is 16.7. The number of rotatable bonds is 26. The molecule has 0 aromatic heterocycles. The Morgan fingerprint density at radius 3 is 1.36 bits per heavy atom. The lowest BCUT2D eigenvalue weighted by Gasteiger charge is -2.37. The van der Waals surface area contributed by atoms with Gasteiger partial charge in [0.1, 0.15) is 48.9 Å². The van der Waals surface area contributed by atoms with Crippen molar-refractivity contribution in [3.8, 4) is 11.5 Å². The van der Waals surface area contributed by atoms with Crippen molar-refractivity contribution in [2.24, 2.45) is 44.8 Å². The van der Waals surface area contributed by atoms with Gasteiger partial charge in [-0.2, -0.15) is 0 Å². The van der Waals surface area contributed by atoms with Crippen molar-refractivity contribution in [2.45, 2.75) is 109 Å². The van der Waals surface area contributed by atoms with E-state index in [0.29, 0.717) is 22.3 Å². The molecular formula is C60H72N12O11. The number of fused-ring (bicyclic) bond motifs is 6. The van der Waals surface area contributed by atoms with Crippen molar-refractivity contribution >= 4 is 65.1 Å². The highest BCUT2D eigenvalue weighted by Crippen LogP contribution is 2.56. The third kappa shape index (κ3) is 16.7. The van der Waals surface area contributed by atoms with Crippen molar-refractivity contribution < 1.29 is 52.5 Å². The van der Waals surface area contributed by atoms with Gasteiger partial charge >= 0.3 is 18.2 Å². The van der Waals surface area contributed by atoms with Crippen LogP contribution in [0, 0.1) is 11.8 Å². The van der Waals surface area contributed by atoms with E-state index in [1.165, 1.54) is 0 Å². The zero-order chi connectivity index (χ0) is 59.6. The second kappa shape index (κ2) is 28.7. The van der Waals surface area contributed by atoms with Crippen LogP contribution in [0.4, 0.5) is 21.0 Å². The number of alkyl carbamates (subject to hydrolysis) is 2. The van der Waals surface area contributed by atoms with Crippen molar-refractivity contribution in [3.05, 3.63) is 155 Å². The number of guanidine groups is 2. The second-order valence-corrected chi connectivity index (χ2v) is 20.9. The summed E-state index contributed by atoms with van der Waals surface area (Å²) < 4.78 is 23.8. The number of nitrogens with two attached hydrogens (primary N) is 4. The molecule has 0 fully saturated rings. The fourth-order valence-corrected chi connectivity index (χ4v) is 9.60. The smallest absolute Gasteiger partial charge is 0.408 e. The van der Waals surface area contributed by atoms with Crippen LogP contribution in [0.1, 0.15) is 104 Å². The zero-order valence-electron chi connectivity index (χ0n) is 46.8. The topological polar surface area (TPSA) is 357 Å². The van der Waals surface area contributed by atoms with Gasteiger partial charge in [0.05, 0.1) is 5.56 Å². The first-order valence-electron chi connectivity index (χ1n) is 27.4. The number of esters is 1. The molecule has 2 aliphatic rings. The summed E-state index contributed by atoms with van der Waals surface area (Å²) in [4.78, 5) is 105. The third-order valence-corrected chi connectivity index (χ3v) is 13.5. The molecule has 0 aliphatic carbocycles. The number of benzene rings is 5. The number of amides is 6. The van der Waals surface area contributed by atoms with E-state index in [1.54, 1.807) is 84.9 Å². The van der Waals surface area contributed by atoms with Gasteiger partial charge in [-0.05, 0) is 91.8 Å². The van der Waals surface area contributed by atoms with Gasteiger partial charge in [0.2, 0.25) is 23.6 Å². The molecule has 5 aromatic carbocycles. The SMILES string of the molecule is CC(C)CC(NC(=O)OCc1ccccc1)C(=O)NC(CCCN=C(N)N)C(=O)Nc1ccc2c(c1)Oc1cc(NC(=O)C(CCCN=C(N)N)NC(=O)C(CC(C)C)NC(=O)OCc3ccccc3)ccc1C21OC(=O)c2ccccc21. The molecule has 0 bridgehead atoms. The highest BCUT2D eigenvalue weighted by atomic mass is 16.6. The van der Waals surface area contributed by atoms with Gasteiger partial charge < -0.3 is 73.8 Å². The van der Waals surface area contributed by atoms with Crippen molar-refractivity contribution in [1.82, 2.24) is 21.3 Å². The van der Waals surface area contributed by atoms with Crippen LogP contribution >= 0.6 is 0 Å². The summed E-state index contributed by atoms with van der Waals surface area (Å²) in [6.07, 6.45) is -0.452. The molecule has 14 N–H and O–H groups in total. The van der Waals surface area contributed by atoms with Crippen LogP contribution < -0.4 is 59.6 Å². The molecule has 6 amide bonds. The van der Waals surface area contributed by atoms with Crippen LogP contribution in [0.15, 0.2) is 131 Å². The quantitative estimate of drug-likeness (QED) is 0.0101. The molecular weight excluding hydrogens is 1060 g/mol. The van der Waals surface area contributed by atoms with E-state index < -0.39 is 71.6 Å². The number of anilines is 2. The fourth-order valence-electron chi connectivity index (χ4n) is 9.60. The normalized spacial score (nSPS) is 15.0. The highest BCUT2D eigenvalue weighted by molar-refractivity contribution is 6.01. The van der Waals surface area contributed by atoms with Gasteiger partial charge in [-0.1, -0.05) is 107 Å². The first-order chi connectivity index (χ1) is 39.8. The number of hydrogen-bond acceptors (Lipinski definition) is 13. The minimum absolute atomic E-state index is 0.0236. The molecule has 0 saturated heterocycles. The van der Waals surface area contributed by atoms with E-state index in [9.17, 15) is 33.6 Å². The van der Waals surface area contributed by atoms with E-state index >= 15 is 0 Å². The minimum Gasteiger partial charge on any atom is -0.456 e. The van der Waals surface area contributed by atoms with Gasteiger partial charge in [-0.15, -0.1) is 0 Å². The largest absolute Gasteiger partial charge is 0.456 e. The fraction of sp³-hybridized carbons (Fsp3) is 0.350. The average molecular weight is 1140 g/mol. The predicted molar refractivity (Wildman–Crippen MR) is 312 cm³/mol. The Balaban J connectivity index is 1.14. The molecule has 7 rings (SSSR count). The Morgan fingerprint density at radius 2 is 0.940 bits per heavy atom. The Labute approximate surface area is 481 Å². The maximum Gasteiger partial charge on any atom is 0.408 e. The summed E-state index contributed by atoms with van der Waals surface area (Å²) in [7, 11) is 0. The van der Waals surface area contributed by atoms with Crippen molar-refractivity contribution in [2.75, 3.05) is 23.7 Å². The lowest BCUT2D eigenvalue weighted by atomic mass is 9.77. The number of carbonyl (C=O) groups excluding carboxylic acids is 7. The second-order valence-electron chi connectivity index (χ2n) is 20.9. The Kier molecular flexibility index (Phi) is 21.0. The number of nitrogens with zero attached hydrogens (tertiary/aromatic N) is 2. The summed E-state index contributed by atoms with van der Waals surface area (Å²) in [5.41, 5.74) is 24.4. The summed E-state index contributed by atoms with van der Waals surface area (Å²) in [5.74, 6) is -3.15. The molecule has 438 valence electrons. The van der Waals surface area contributed by atoms with E-state index in [-0.39, 0.29) is 111 Å². The molecule has 4 unspecified atom stereocenters. The monoisotopic (exact) mass is 1140 g/mol. The van der Waals surface area contributed by atoms with Crippen LogP contribution in [-0.4, -0.2) is 91.0 Å². The number of hydrogen-bond donors (Lipinski definition) is 10. The molecule has 5 aromatic rings. The maximum absolute atomic E-state index is 14.4. The van der Waals surface area contributed by atoms with Crippen molar-refractivity contribution in [3.63, 3.8) is 0 Å². The first kappa shape index (κ1) is 61.0. The average Bonchev–Trinajstić information content (AvgIpc) is 3.93. The molecule has 23 heteroatoms. The van der Waals surface area contributed by atoms with Crippen LogP contribution in [0.2, 0.25) is 0 Å². The Bertz CT molecular complexity index is 3010. The minimum atomic E-state index is -1.56. The van der Waals surface area contributed by atoms with E-state index in [2.05, 4.69) is 41.9 Å². The molecule has 23 nitrogen and oxygen atoms in total. The van der Waals surface area contributed by atoms with E-state index in [1.807, 2.05) is 64.1 Å². The highest BCUT2D eigenvalue weighted by Gasteiger charge is 2.53. The van der Waals surface area contributed by atoms with Gasteiger partial charge in [-0.25, -0.2) is 14.4 Å². The standard InChI is InChI=1S/C60H72N12O11/c1-35(2)29-47(71-58(78)80-33-37-15-7-5-8-16-37)53(75)69-45(21-13-27-65-56(61)62)51(73)67-39-23-25-43-49(31-39)82-50-32-40(24-26-44(50)60(43)42-20-12-11-19-41(42)55(77)83-60)68-52(74)46(22-14-28-66-57(63)64)70-54(76)48(30-36(3)4)72-59(79)81-34-38-17-9-6-10-18-38/h5-12,15-20,23-26,31-32,35-36,45-48H,13-14,21-22,27-30,33-34H2,1-4H3,(H,67,73)(H,68,74)(H,69,75)(H,70,76)(H,71,78)(H,72,79)(H4,61,62,65)(H4,63,64,66). The molecule has 83 heavy (non-hydrogen) atoms. The van der Waals surface area contributed by atoms with Crippen LogP contribution in [-0.2, 0) is 52.2 Å². The summed E-state index contributed by atoms with van der Waals surface area (Å²) in [6, 6.07) is 30.2. The van der Waals surface area contributed by atoms with Gasteiger partial charge in [0, 0.05) is 53.3 Å². The number of aliphatic imine (C=N–C) groups is 2. The zero-order valence-corrected chi connectivity index (χ0v) is 46.8. The first-order valence-corrected chi connectivity index (χ1v) is 27.4. The Hall–Kier alpha value is -9.67. The van der Waals surface area contributed by atoms with Gasteiger partial charge in [0.25, 0.3) is 0 Å². The summed E-state index contributed by atoms with van der Waals surface area (Å²) >= 11 is 0. The molecule has 2 heterocycles. The van der Waals surface area contributed by atoms with Crippen LogP contribution in [0.3, 0.4) is 0 Å². The van der Waals surface area contributed by atoms with Crippen LogP contribution in [0.25, 0.3) is 0 Å². The van der Waals surface area contributed by atoms with Gasteiger partial charge in [0.15, 0.2) is 17.5 Å². The maximum atomic E-state index is 14.4. The van der Waals surface area contributed by atoms with E-state index in [0.717, 1.165) is 11.1 Å². The Morgan fingerprint density at radius 1 is 0.518 bits per heavy atom. The van der Waals surface area contributed by atoms with E-state index in [4.69, 9.17) is 41.9 Å². The van der Waals surface area contributed by atoms with Gasteiger partial charge in [-0.3, -0.25) is 29.2 Å². The third-order valence-electron chi connectivity index (χ3n) is 13.5. The molecule has 0 radical (unpaired) electrons. The number of nitrogens with one attached hydrogen (secondary N) is 6. The number of carbonyl (C=O) groups is 7. The van der Waals surface area contributed by atoms with Crippen molar-refractivity contribution in [1.29, 1.82) is 0 Å². The molecule has 2 aliphatic heterocycles. The van der Waals surface area contributed by atoms with Crippen LogP contribution in [0.5, 0.6) is 11.5 Å². The molecule has 0 saturated carbocycles.